The normalized spacial score (nSPS) is 18.2. The molecule has 0 bridgehead atoms. The molecule has 1 fully saturated rings. The zero-order valence-corrected chi connectivity index (χ0v) is 12.7. The van der Waals surface area contributed by atoms with Gasteiger partial charge in [0, 0.05) is 18.1 Å². The van der Waals surface area contributed by atoms with Gasteiger partial charge in [-0.15, -0.1) is 0 Å². The minimum absolute atomic E-state index is 0.264. The van der Waals surface area contributed by atoms with E-state index < -0.39 is 12.0 Å². The summed E-state index contributed by atoms with van der Waals surface area (Å²) in [5.74, 6) is 0.482. The molecular formula is C14H17NO5S. The summed E-state index contributed by atoms with van der Waals surface area (Å²) in [5, 5.41) is 9.29. The van der Waals surface area contributed by atoms with Crippen LogP contribution >= 0.6 is 11.8 Å². The number of amides is 1. The van der Waals surface area contributed by atoms with Crippen molar-refractivity contribution in [2.45, 2.75) is 6.04 Å². The number of carbonyl (C=O) groups excluding carboxylic acids is 1. The Balaban J connectivity index is 2.40. The van der Waals surface area contributed by atoms with Crippen LogP contribution in [0.4, 0.5) is 0 Å². The minimum Gasteiger partial charge on any atom is -0.496 e. The third-order valence-corrected chi connectivity index (χ3v) is 4.34. The summed E-state index contributed by atoms with van der Waals surface area (Å²) in [4.78, 5) is 25.5. The fourth-order valence-corrected chi connectivity index (χ4v) is 3.30. The van der Waals surface area contributed by atoms with Gasteiger partial charge in [0.2, 0.25) is 0 Å². The fraction of sp³-hybridized carbons (Fsp3) is 0.429. The SMILES string of the molecule is COc1cccc(OC)c1C(=O)N1CCSCC1C(=O)O. The van der Waals surface area contributed by atoms with Gasteiger partial charge in [-0.25, -0.2) is 4.79 Å². The van der Waals surface area contributed by atoms with Crippen LogP contribution < -0.4 is 9.47 Å². The lowest BCUT2D eigenvalue weighted by Crippen LogP contribution is -2.50. The van der Waals surface area contributed by atoms with Crippen LogP contribution in [0, 0.1) is 0 Å². The molecule has 7 heteroatoms. The lowest BCUT2D eigenvalue weighted by atomic mass is 10.1. The Labute approximate surface area is 127 Å². The second-order valence-corrected chi connectivity index (χ2v) is 5.61. The van der Waals surface area contributed by atoms with Crippen molar-refractivity contribution in [2.24, 2.45) is 0 Å². The molecule has 1 aromatic carbocycles. The maximum absolute atomic E-state index is 12.8. The number of hydrogen-bond acceptors (Lipinski definition) is 5. The highest BCUT2D eigenvalue weighted by molar-refractivity contribution is 7.99. The quantitative estimate of drug-likeness (QED) is 0.904. The van der Waals surface area contributed by atoms with Crippen molar-refractivity contribution >= 4 is 23.6 Å². The van der Waals surface area contributed by atoms with Crippen LogP contribution in [-0.2, 0) is 4.79 Å². The van der Waals surface area contributed by atoms with Crippen LogP contribution in [0.1, 0.15) is 10.4 Å². The van der Waals surface area contributed by atoms with Crippen molar-refractivity contribution < 1.29 is 24.2 Å². The first-order chi connectivity index (χ1) is 10.1. The molecule has 114 valence electrons. The number of thioether (sulfide) groups is 1. The standard InChI is InChI=1S/C14H17NO5S/c1-19-10-4-3-5-11(20-2)12(10)13(16)15-6-7-21-8-9(15)14(17)18/h3-5,9H,6-8H2,1-2H3,(H,17,18). The Bertz CT molecular complexity index is 526. The molecular weight excluding hydrogens is 294 g/mol. The molecule has 0 aromatic heterocycles. The Kier molecular flexibility index (Phi) is 4.95. The number of aliphatic carboxylic acids is 1. The lowest BCUT2D eigenvalue weighted by molar-refractivity contribution is -0.141. The number of rotatable bonds is 4. The van der Waals surface area contributed by atoms with Gasteiger partial charge in [-0.05, 0) is 12.1 Å². The first kappa shape index (κ1) is 15.5. The van der Waals surface area contributed by atoms with Gasteiger partial charge in [0.15, 0.2) is 0 Å². The van der Waals surface area contributed by atoms with E-state index in [4.69, 9.17) is 9.47 Å². The van der Waals surface area contributed by atoms with Gasteiger partial charge in [0.05, 0.1) is 14.2 Å². The molecule has 6 nitrogen and oxygen atoms in total. The van der Waals surface area contributed by atoms with Crippen molar-refractivity contribution in [1.82, 2.24) is 4.90 Å². The third kappa shape index (κ3) is 3.07. The molecule has 0 spiro atoms. The van der Waals surface area contributed by atoms with E-state index in [1.807, 2.05) is 0 Å². The number of benzene rings is 1. The number of carbonyl (C=O) groups is 2. The van der Waals surface area contributed by atoms with Gasteiger partial charge >= 0.3 is 5.97 Å². The predicted molar refractivity (Wildman–Crippen MR) is 79.3 cm³/mol. The Morgan fingerprint density at radius 3 is 2.43 bits per heavy atom. The highest BCUT2D eigenvalue weighted by Gasteiger charge is 2.35. The summed E-state index contributed by atoms with van der Waals surface area (Å²) in [7, 11) is 2.93. The average Bonchev–Trinajstić information content (AvgIpc) is 2.53. The summed E-state index contributed by atoms with van der Waals surface area (Å²) < 4.78 is 10.4. The van der Waals surface area contributed by atoms with Crippen LogP contribution in [0.2, 0.25) is 0 Å². The second kappa shape index (κ2) is 6.71. The predicted octanol–water partition coefficient (Wildman–Crippen LogP) is 1.35. The maximum atomic E-state index is 12.8. The number of ether oxygens (including phenoxy) is 2. The molecule has 1 saturated heterocycles. The molecule has 1 aromatic rings. The Morgan fingerprint density at radius 2 is 1.90 bits per heavy atom. The first-order valence-corrected chi connectivity index (χ1v) is 7.58. The third-order valence-electron chi connectivity index (χ3n) is 3.32. The van der Waals surface area contributed by atoms with E-state index >= 15 is 0 Å². The minimum atomic E-state index is -0.996. The van der Waals surface area contributed by atoms with Crippen LogP contribution in [0.15, 0.2) is 18.2 Å². The van der Waals surface area contributed by atoms with Crippen molar-refractivity contribution in [3.8, 4) is 11.5 Å². The van der Waals surface area contributed by atoms with Crippen LogP contribution in [-0.4, -0.2) is 60.2 Å². The van der Waals surface area contributed by atoms with Crippen molar-refractivity contribution in [1.29, 1.82) is 0 Å². The zero-order chi connectivity index (χ0) is 15.4. The van der Waals surface area contributed by atoms with E-state index in [2.05, 4.69) is 0 Å². The molecule has 1 N–H and O–H groups in total. The molecule has 0 saturated carbocycles. The number of nitrogens with zero attached hydrogens (tertiary/aromatic N) is 1. The zero-order valence-electron chi connectivity index (χ0n) is 11.9. The molecule has 0 aliphatic carbocycles. The summed E-state index contributed by atoms with van der Waals surface area (Å²) in [6.45, 7) is 0.391. The van der Waals surface area contributed by atoms with Crippen LogP contribution in [0.25, 0.3) is 0 Å². The highest BCUT2D eigenvalue weighted by atomic mass is 32.2. The van der Waals surface area contributed by atoms with Gasteiger partial charge < -0.3 is 19.5 Å². The van der Waals surface area contributed by atoms with Gasteiger partial charge in [-0.2, -0.15) is 11.8 Å². The molecule has 21 heavy (non-hydrogen) atoms. The average molecular weight is 311 g/mol. The largest absolute Gasteiger partial charge is 0.496 e. The van der Waals surface area contributed by atoms with Crippen molar-refractivity contribution in [3.05, 3.63) is 23.8 Å². The monoisotopic (exact) mass is 311 g/mol. The number of hydrogen-bond donors (Lipinski definition) is 1. The Hall–Kier alpha value is -1.89. The molecule has 1 heterocycles. The lowest BCUT2D eigenvalue weighted by Gasteiger charge is -2.33. The summed E-state index contributed by atoms with van der Waals surface area (Å²) in [6.07, 6.45) is 0. The van der Waals surface area contributed by atoms with E-state index in [9.17, 15) is 14.7 Å². The number of carboxylic acids is 1. The fourth-order valence-electron chi connectivity index (χ4n) is 2.26. The second-order valence-electron chi connectivity index (χ2n) is 4.47. The smallest absolute Gasteiger partial charge is 0.327 e. The van der Waals surface area contributed by atoms with E-state index in [0.717, 1.165) is 0 Å². The van der Waals surface area contributed by atoms with E-state index in [1.165, 1.54) is 30.9 Å². The molecule has 1 atom stereocenters. The van der Waals surface area contributed by atoms with Crippen LogP contribution in [0.5, 0.6) is 11.5 Å². The van der Waals surface area contributed by atoms with Crippen molar-refractivity contribution in [3.63, 3.8) is 0 Å². The Morgan fingerprint density at radius 1 is 1.29 bits per heavy atom. The number of carboxylic acid groups (broad SMARTS) is 1. The first-order valence-electron chi connectivity index (χ1n) is 6.42. The summed E-state index contributed by atoms with van der Waals surface area (Å²) in [5.41, 5.74) is 0.264. The van der Waals surface area contributed by atoms with Gasteiger partial charge in [-0.3, -0.25) is 4.79 Å². The molecule has 0 radical (unpaired) electrons. The topological polar surface area (TPSA) is 76.1 Å². The maximum Gasteiger partial charge on any atom is 0.327 e. The van der Waals surface area contributed by atoms with E-state index in [0.29, 0.717) is 29.5 Å². The number of methoxy groups -OCH3 is 2. The van der Waals surface area contributed by atoms with Gasteiger partial charge in [0.1, 0.15) is 23.1 Å². The van der Waals surface area contributed by atoms with Crippen LogP contribution in [0.3, 0.4) is 0 Å². The van der Waals surface area contributed by atoms with Crippen molar-refractivity contribution in [2.75, 3.05) is 32.3 Å². The van der Waals surface area contributed by atoms with Gasteiger partial charge in [-0.1, -0.05) is 6.07 Å². The highest BCUT2D eigenvalue weighted by Crippen LogP contribution is 2.31. The summed E-state index contributed by atoms with van der Waals surface area (Å²) >= 11 is 1.53. The van der Waals surface area contributed by atoms with Gasteiger partial charge in [0.25, 0.3) is 5.91 Å². The summed E-state index contributed by atoms with van der Waals surface area (Å²) in [6, 6.07) is 4.20. The molecule has 2 rings (SSSR count). The molecule has 1 amide bonds. The van der Waals surface area contributed by atoms with E-state index in [1.54, 1.807) is 18.2 Å². The van der Waals surface area contributed by atoms with E-state index in [-0.39, 0.29) is 11.5 Å². The molecule has 1 unspecified atom stereocenters. The molecule has 1 aliphatic rings. The molecule has 1 aliphatic heterocycles.